The number of aromatic nitrogens is 3. The molecule has 108 valence electrons. The first-order valence-electron chi connectivity index (χ1n) is 7.14. The number of ether oxygens (including phenoxy) is 1. The van der Waals surface area contributed by atoms with Crippen LogP contribution in [0.15, 0.2) is 48.7 Å². The number of aromatic amines is 1. The standard InChI is InChI=1S/C18H15N3O/c1-11-3-5-12(6-4-11)17-15-10-19-16-8-7-13(22-2)9-14(16)18(15)21-20-17/h3-10H,1-2H3,(H,20,21). The molecule has 2 aromatic heterocycles. The van der Waals surface area contributed by atoms with Crippen molar-refractivity contribution >= 4 is 21.8 Å². The topological polar surface area (TPSA) is 50.8 Å². The van der Waals surface area contributed by atoms with Gasteiger partial charge < -0.3 is 4.74 Å². The van der Waals surface area contributed by atoms with Crippen LogP contribution in [-0.2, 0) is 0 Å². The van der Waals surface area contributed by atoms with Crippen molar-refractivity contribution in [3.8, 4) is 17.0 Å². The normalized spacial score (nSPS) is 11.2. The number of hydrogen-bond acceptors (Lipinski definition) is 3. The number of fused-ring (bicyclic) bond motifs is 3. The fraction of sp³-hybridized carbons (Fsp3) is 0.111. The summed E-state index contributed by atoms with van der Waals surface area (Å²) in [5, 5.41) is 9.68. The van der Waals surface area contributed by atoms with Gasteiger partial charge in [0.15, 0.2) is 0 Å². The van der Waals surface area contributed by atoms with Gasteiger partial charge in [-0.15, -0.1) is 0 Å². The van der Waals surface area contributed by atoms with E-state index in [1.54, 1.807) is 7.11 Å². The Balaban J connectivity index is 1.99. The average Bonchev–Trinajstić information content (AvgIpc) is 2.99. The molecule has 0 saturated heterocycles. The Labute approximate surface area is 127 Å². The van der Waals surface area contributed by atoms with Crippen molar-refractivity contribution in [1.82, 2.24) is 15.2 Å². The van der Waals surface area contributed by atoms with Gasteiger partial charge in [0, 0.05) is 22.5 Å². The number of benzene rings is 2. The molecule has 4 heteroatoms. The lowest BCUT2D eigenvalue weighted by molar-refractivity contribution is 0.415. The van der Waals surface area contributed by atoms with Crippen LogP contribution in [0.5, 0.6) is 5.75 Å². The number of rotatable bonds is 2. The van der Waals surface area contributed by atoms with Crippen molar-refractivity contribution in [2.75, 3.05) is 7.11 Å². The Morgan fingerprint density at radius 3 is 2.59 bits per heavy atom. The first-order valence-corrected chi connectivity index (χ1v) is 7.14. The van der Waals surface area contributed by atoms with E-state index in [2.05, 4.69) is 46.4 Å². The quantitative estimate of drug-likeness (QED) is 0.604. The second-order valence-electron chi connectivity index (χ2n) is 5.37. The van der Waals surface area contributed by atoms with E-state index < -0.39 is 0 Å². The van der Waals surface area contributed by atoms with E-state index in [1.165, 1.54) is 5.56 Å². The van der Waals surface area contributed by atoms with Gasteiger partial charge in [-0.1, -0.05) is 29.8 Å². The third-order valence-corrected chi connectivity index (χ3v) is 3.93. The molecule has 0 aliphatic heterocycles. The van der Waals surface area contributed by atoms with Crippen molar-refractivity contribution < 1.29 is 4.74 Å². The molecule has 0 saturated carbocycles. The fourth-order valence-corrected chi connectivity index (χ4v) is 2.70. The summed E-state index contributed by atoms with van der Waals surface area (Å²) in [6, 6.07) is 14.2. The zero-order valence-electron chi connectivity index (χ0n) is 12.4. The second kappa shape index (κ2) is 4.84. The van der Waals surface area contributed by atoms with Gasteiger partial charge in [0.2, 0.25) is 0 Å². The maximum Gasteiger partial charge on any atom is 0.119 e. The zero-order chi connectivity index (χ0) is 15.1. The number of aryl methyl sites for hydroxylation is 1. The lowest BCUT2D eigenvalue weighted by atomic mass is 10.1. The largest absolute Gasteiger partial charge is 0.497 e. The van der Waals surface area contributed by atoms with Crippen LogP contribution in [-0.4, -0.2) is 22.3 Å². The molecule has 4 rings (SSSR count). The van der Waals surface area contributed by atoms with E-state index in [0.29, 0.717) is 0 Å². The predicted octanol–water partition coefficient (Wildman–Crippen LogP) is 4.10. The molecular formula is C18H15N3O. The molecule has 0 amide bonds. The van der Waals surface area contributed by atoms with E-state index in [4.69, 9.17) is 4.74 Å². The van der Waals surface area contributed by atoms with Gasteiger partial charge in [-0.25, -0.2) is 0 Å². The van der Waals surface area contributed by atoms with Gasteiger partial charge in [0.25, 0.3) is 0 Å². The predicted molar refractivity (Wildman–Crippen MR) is 88.1 cm³/mol. The minimum atomic E-state index is 0.813. The minimum absolute atomic E-state index is 0.813. The van der Waals surface area contributed by atoms with Gasteiger partial charge in [0.05, 0.1) is 18.1 Å². The van der Waals surface area contributed by atoms with Crippen molar-refractivity contribution in [3.05, 3.63) is 54.2 Å². The number of nitrogens with one attached hydrogen (secondary N) is 1. The van der Waals surface area contributed by atoms with E-state index >= 15 is 0 Å². The lowest BCUT2D eigenvalue weighted by Crippen LogP contribution is -1.85. The molecule has 0 spiro atoms. The van der Waals surface area contributed by atoms with Crippen molar-refractivity contribution in [1.29, 1.82) is 0 Å². The van der Waals surface area contributed by atoms with Crippen LogP contribution < -0.4 is 4.74 Å². The van der Waals surface area contributed by atoms with E-state index in [9.17, 15) is 0 Å². The Bertz CT molecular complexity index is 971. The maximum absolute atomic E-state index is 5.31. The molecule has 22 heavy (non-hydrogen) atoms. The van der Waals surface area contributed by atoms with Gasteiger partial charge in [0.1, 0.15) is 11.4 Å². The van der Waals surface area contributed by atoms with Crippen LogP contribution in [0.1, 0.15) is 5.56 Å². The number of methoxy groups -OCH3 is 1. The maximum atomic E-state index is 5.31. The Morgan fingerprint density at radius 2 is 1.82 bits per heavy atom. The first kappa shape index (κ1) is 12.8. The summed E-state index contributed by atoms with van der Waals surface area (Å²) in [4.78, 5) is 4.55. The minimum Gasteiger partial charge on any atom is -0.497 e. The molecule has 0 unspecified atom stereocenters. The van der Waals surface area contributed by atoms with Crippen LogP contribution in [0.25, 0.3) is 33.1 Å². The van der Waals surface area contributed by atoms with E-state index in [-0.39, 0.29) is 0 Å². The van der Waals surface area contributed by atoms with Crippen LogP contribution in [0.2, 0.25) is 0 Å². The summed E-state index contributed by atoms with van der Waals surface area (Å²) < 4.78 is 5.31. The summed E-state index contributed by atoms with van der Waals surface area (Å²) >= 11 is 0. The molecule has 0 aliphatic carbocycles. The van der Waals surface area contributed by atoms with Crippen LogP contribution in [0.4, 0.5) is 0 Å². The smallest absolute Gasteiger partial charge is 0.119 e. The number of pyridine rings is 1. The van der Waals surface area contributed by atoms with Crippen molar-refractivity contribution in [3.63, 3.8) is 0 Å². The van der Waals surface area contributed by atoms with Gasteiger partial charge in [-0.2, -0.15) is 5.10 Å². The molecule has 0 aliphatic rings. The molecule has 4 nitrogen and oxygen atoms in total. The van der Waals surface area contributed by atoms with Crippen molar-refractivity contribution in [2.24, 2.45) is 0 Å². The molecule has 2 aromatic carbocycles. The molecule has 0 bridgehead atoms. The Morgan fingerprint density at radius 1 is 1.00 bits per heavy atom. The highest BCUT2D eigenvalue weighted by Gasteiger charge is 2.12. The molecular weight excluding hydrogens is 274 g/mol. The molecule has 2 heterocycles. The summed E-state index contributed by atoms with van der Waals surface area (Å²) in [6.07, 6.45) is 1.88. The lowest BCUT2D eigenvalue weighted by Gasteiger charge is -2.03. The highest BCUT2D eigenvalue weighted by atomic mass is 16.5. The van der Waals surface area contributed by atoms with Crippen LogP contribution >= 0.6 is 0 Å². The zero-order valence-corrected chi connectivity index (χ0v) is 12.4. The molecule has 0 radical (unpaired) electrons. The summed E-state index contributed by atoms with van der Waals surface area (Å²) in [5.41, 5.74) is 5.15. The number of H-pyrrole nitrogens is 1. The van der Waals surface area contributed by atoms with Crippen molar-refractivity contribution in [2.45, 2.75) is 6.92 Å². The monoisotopic (exact) mass is 289 g/mol. The summed E-state index contributed by atoms with van der Waals surface area (Å²) in [7, 11) is 1.67. The van der Waals surface area contributed by atoms with Gasteiger partial charge in [-0.05, 0) is 25.1 Å². The molecule has 0 atom stereocenters. The van der Waals surface area contributed by atoms with Crippen LogP contribution in [0.3, 0.4) is 0 Å². The SMILES string of the molecule is COc1ccc2ncc3c(-c4ccc(C)cc4)n[nH]c3c2c1. The van der Waals surface area contributed by atoms with Gasteiger partial charge in [-0.3, -0.25) is 10.1 Å². The van der Waals surface area contributed by atoms with Crippen LogP contribution in [0, 0.1) is 6.92 Å². The van der Waals surface area contributed by atoms with E-state index in [1.807, 2.05) is 24.4 Å². The fourth-order valence-electron chi connectivity index (χ4n) is 2.70. The third kappa shape index (κ3) is 1.92. The Kier molecular flexibility index (Phi) is 2.82. The average molecular weight is 289 g/mol. The summed E-state index contributed by atoms with van der Waals surface area (Å²) in [6.45, 7) is 2.08. The highest BCUT2D eigenvalue weighted by Crippen LogP contribution is 2.31. The second-order valence-corrected chi connectivity index (χ2v) is 5.37. The summed E-state index contributed by atoms with van der Waals surface area (Å²) in [5.74, 6) is 0.813. The molecule has 1 N–H and O–H groups in total. The van der Waals surface area contributed by atoms with E-state index in [0.717, 1.165) is 38.8 Å². The molecule has 4 aromatic rings. The number of hydrogen-bond donors (Lipinski definition) is 1. The first-order chi connectivity index (χ1) is 10.8. The third-order valence-electron chi connectivity index (χ3n) is 3.93. The Hall–Kier alpha value is -2.88. The van der Waals surface area contributed by atoms with Gasteiger partial charge >= 0.3 is 0 Å². The number of nitrogens with zero attached hydrogens (tertiary/aromatic N) is 2. The molecule has 0 fully saturated rings. The highest BCUT2D eigenvalue weighted by molar-refractivity contribution is 6.07.